The third-order valence-electron chi connectivity index (χ3n) is 4.66. The van der Waals surface area contributed by atoms with Crippen LogP contribution in [0.4, 0.5) is 0 Å². The van der Waals surface area contributed by atoms with Crippen molar-refractivity contribution in [3.8, 4) is 0 Å². The zero-order chi connectivity index (χ0) is 14.4. The zero-order valence-corrected chi connectivity index (χ0v) is 13.0. The molecule has 0 aromatic heterocycles. The summed E-state index contributed by atoms with van der Waals surface area (Å²) in [6, 6.07) is 9.30. The van der Waals surface area contributed by atoms with E-state index in [2.05, 4.69) is 47.9 Å². The number of benzene rings is 1. The highest BCUT2D eigenvalue weighted by Crippen LogP contribution is 2.12. The van der Waals surface area contributed by atoms with E-state index in [1.54, 1.807) is 0 Å². The third kappa shape index (κ3) is 4.05. The molecule has 2 N–H and O–H groups in total. The van der Waals surface area contributed by atoms with E-state index in [0.717, 1.165) is 19.0 Å². The van der Waals surface area contributed by atoms with Crippen LogP contribution >= 0.6 is 0 Å². The second kappa shape index (κ2) is 7.77. The molecule has 0 aliphatic carbocycles. The van der Waals surface area contributed by atoms with Crippen LogP contribution < -0.4 is 5.73 Å². The lowest BCUT2D eigenvalue weighted by atomic mass is 10.0. The van der Waals surface area contributed by atoms with Crippen LogP contribution in [0.3, 0.4) is 0 Å². The van der Waals surface area contributed by atoms with Crippen molar-refractivity contribution in [3.63, 3.8) is 0 Å². The van der Waals surface area contributed by atoms with Gasteiger partial charge >= 0.3 is 0 Å². The topological polar surface area (TPSA) is 32.5 Å². The Morgan fingerprint density at radius 1 is 1.10 bits per heavy atom. The summed E-state index contributed by atoms with van der Waals surface area (Å²) in [6.07, 6.45) is 2.38. The van der Waals surface area contributed by atoms with Gasteiger partial charge in [0.25, 0.3) is 0 Å². The molecule has 1 aromatic rings. The third-order valence-corrected chi connectivity index (χ3v) is 4.66. The molecule has 1 aromatic carbocycles. The van der Waals surface area contributed by atoms with Gasteiger partial charge in [-0.2, -0.15) is 0 Å². The highest BCUT2D eigenvalue weighted by atomic mass is 15.3. The Labute approximate surface area is 123 Å². The van der Waals surface area contributed by atoms with Crippen LogP contribution in [-0.4, -0.2) is 48.6 Å². The first kappa shape index (κ1) is 15.5. The average molecular weight is 275 g/mol. The fourth-order valence-corrected chi connectivity index (χ4v) is 2.97. The lowest BCUT2D eigenvalue weighted by Gasteiger charge is -2.37. The van der Waals surface area contributed by atoms with E-state index in [-0.39, 0.29) is 0 Å². The minimum absolute atomic E-state index is 0.651. The van der Waals surface area contributed by atoms with Crippen molar-refractivity contribution < 1.29 is 0 Å². The minimum Gasteiger partial charge on any atom is -0.326 e. The molecular weight excluding hydrogens is 246 g/mol. The van der Waals surface area contributed by atoms with Crippen LogP contribution in [0.25, 0.3) is 0 Å². The van der Waals surface area contributed by atoms with E-state index in [0.29, 0.717) is 6.54 Å². The number of piperazine rings is 1. The van der Waals surface area contributed by atoms with E-state index in [1.807, 2.05) is 0 Å². The van der Waals surface area contributed by atoms with E-state index >= 15 is 0 Å². The van der Waals surface area contributed by atoms with Crippen molar-refractivity contribution in [3.05, 3.63) is 35.4 Å². The molecular formula is C17H29N3. The van der Waals surface area contributed by atoms with E-state index in [4.69, 9.17) is 5.73 Å². The molecule has 1 atom stereocenters. The second-order valence-corrected chi connectivity index (χ2v) is 5.86. The van der Waals surface area contributed by atoms with Crippen LogP contribution in [0.2, 0.25) is 0 Å². The molecule has 1 aliphatic rings. The quantitative estimate of drug-likeness (QED) is 0.863. The van der Waals surface area contributed by atoms with Crippen LogP contribution in [0.5, 0.6) is 0 Å². The molecule has 1 heterocycles. The van der Waals surface area contributed by atoms with Crippen molar-refractivity contribution >= 4 is 0 Å². The van der Waals surface area contributed by atoms with Gasteiger partial charge in [0.15, 0.2) is 0 Å². The summed E-state index contributed by atoms with van der Waals surface area (Å²) < 4.78 is 0. The summed E-state index contributed by atoms with van der Waals surface area (Å²) in [4.78, 5) is 5.20. The largest absolute Gasteiger partial charge is 0.326 e. The molecule has 0 saturated carbocycles. The van der Waals surface area contributed by atoms with Crippen molar-refractivity contribution in [2.24, 2.45) is 5.73 Å². The second-order valence-electron chi connectivity index (χ2n) is 5.86. The van der Waals surface area contributed by atoms with Gasteiger partial charge in [-0.3, -0.25) is 4.90 Å². The highest BCUT2D eigenvalue weighted by molar-refractivity contribution is 5.27. The predicted octanol–water partition coefficient (Wildman–Crippen LogP) is 2.10. The standard InChI is InChI=1S/C17H29N3/c1-3-15(2)20-12-10-19(11-13-20)9-8-16-6-4-5-7-17(16)14-18/h4-7,15H,3,8-14,18H2,1-2H3. The zero-order valence-electron chi connectivity index (χ0n) is 13.0. The lowest BCUT2D eigenvalue weighted by molar-refractivity contribution is 0.101. The van der Waals surface area contributed by atoms with E-state index in [1.165, 1.54) is 43.7 Å². The van der Waals surface area contributed by atoms with Crippen molar-refractivity contribution in [2.45, 2.75) is 39.3 Å². The smallest absolute Gasteiger partial charge is 0.0180 e. The average Bonchev–Trinajstić information content (AvgIpc) is 2.53. The Hall–Kier alpha value is -0.900. The maximum Gasteiger partial charge on any atom is 0.0180 e. The Balaban J connectivity index is 1.79. The fraction of sp³-hybridized carbons (Fsp3) is 0.647. The van der Waals surface area contributed by atoms with Gasteiger partial charge in [-0.15, -0.1) is 0 Å². The Morgan fingerprint density at radius 3 is 2.35 bits per heavy atom. The van der Waals surface area contributed by atoms with Crippen LogP contribution in [-0.2, 0) is 13.0 Å². The van der Waals surface area contributed by atoms with Gasteiger partial charge in [-0.1, -0.05) is 31.2 Å². The Morgan fingerprint density at radius 2 is 1.75 bits per heavy atom. The maximum absolute atomic E-state index is 5.81. The number of nitrogens with two attached hydrogens (primary N) is 1. The molecule has 0 spiro atoms. The predicted molar refractivity (Wildman–Crippen MR) is 85.8 cm³/mol. The number of rotatable bonds is 6. The molecule has 1 fully saturated rings. The Bertz CT molecular complexity index is 397. The molecule has 0 radical (unpaired) electrons. The number of hydrogen-bond donors (Lipinski definition) is 1. The maximum atomic E-state index is 5.81. The van der Waals surface area contributed by atoms with E-state index < -0.39 is 0 Å². The molecule has 1 saturated heterocycles. The first-order valence-electron chi connectivity index (χ1n) is 7.97. The molecule has 1 unspecified atom stereocenters. The van der Waals surface area contributed by atoms with Crippen molar-refractivity contribution in [1.82, 2.24) is 9.80 Å². The van der Waals surface area contributed by atoms with E-state index in [9.17, 15) is 0 Å². The van der Waals surface area contributed by atoms with Gasteiger partial charge in [0.1, 0.15) is 0 Å². The summed E-state index contributed by atoms with van der Waals surface area (Å²) in [7, 11) is 0. The fourth-order valence-electron chi connectivity index (χ4n) is 2.97. The number of hydrogen-bond acceptors (Lipinski definition) is 3. The van der Waals surface area contributed by atoms with Gasteiger partial charge < -0.3 is 10.6 Å². The number of nitrogens with zero attached hydrogens (tertiary/aromatic N) is 2. The lowest BCUT2D eigenvalue weighted by Crippen LogP contribution is -2.49. The van der Waals surface area contributed by atoms with Crippen LogP contribution in [0.1, 0.15) is 31.4 Å². The summed E-state index contributed by atoms with van der Waals surface area (Å²) >= 11 is 0. The first-order valence-corrected chi connectivity index (χ1v) is 7.97. The summed E-state index contributed by atoms with van der Waals surface area (Å²) in [6.45, 7) is 11.3. The van der Waals surface area contributed by atoms with Gasteiger partial charge in [0.2, 0.25) is 0 Å². The summed E-state index contributed by atoms with van der Waals surface area (Å²) in [5.41, 5.74) is 8.52. The molecule has 0 bridgehead atoms. The molecule has 112 valence electrons. The van der Waals surface area contributed by atoms with Gasteiger partial charge in [-0.25, -0.2) is 0 Å². The van der Waals surface area contributed by atoms with Gasteiger partial charge in [-0.05, 0) is 30.9 Å². The SMILES string of the molecule is CCC(C)N1CCN(CCc2ccccc2CN)CC1. The first-order chi connectivity index (χ1) is 9.74. The highest BCUT2D eigenvalue weighted by Gasteiger charge is 2.19. The molecule has 1 aliphatic heterocycles. The molecule has 20 heavy (non-hydrogen) atoms. The monoisotopic (exact) mass is 275 g/mol. The molecule has 3 nitrogen and oxygen atoms in total. The van der Waals surface area contributed by atoms with Gasteiger partial charge in [0.05, 0.1) is 0 Å². The Kier molecular flexibility index (Phi) is 6.02. The summed E-state index contributed by atoms with van der Waals surface area (Å²) in [5.74, 6) is 0. The van der Waals surface area contributed by atoms with Crippen molar-refractivity contribution in [1.29, 1.82) is 0 Å². The van der Waals surface area contributed by atoms with Gasteiger partial charge in [0, 0.05) is 45.3 Å². The molecule has 3 heteroatoms. The minimum atomic E-state index is 0.651. The summed E-state index contributed by atoms with van der Waals surface area (Å²) in [5, 5.41) is 0. The van der Waals surface area contributed by atoms with Crippen LogP contribution in [0, 0.1) is 0 Å². The molecule has 2 rings (SSSR count). The normalized spacial score (nSPS) is 19.1. The van der Waals surface area contributed by atoms with Crippen LogP contribution in [0.15, 0.2) is 24.3 Å². The molecule has 0 amide bonds. The van der Waals surface area contributed by atoms with Crippen molar-refractivity contribution in [2.75, 3.05) is 32.7 Å².